The van der Waals surface area contributed by atoms with Gasteiger partial charge in [0.25, 0.3) is 0 Å². The van der Waals surface area contributed by atoms with Crippen LogP contribution < -0.4 is 0 Å². The van der Waals surface area contributed by atoms with E-state index in [9.17, 15) is 4.79 Å². The van der Waals surface area contributed by atoms with E-state index in [4.69, 9.17) is 9.52 Å². The van der Waals surface area contributed by atoms with Gasteiger partial charge in [-0.15, -0.1) is 10.2 Å². The van der Waals surface area contributed by atoms with Crippen LogP contribution in [0.15, 0.2) is 28.7 Å². The van der Waals surface area contributed by atoms with Crippen molar-refractivity contribution in [2.75, 3.05) is 0 Å². The Labute approximate surface area is 116 Å². The van der Waals surface area contributed by atoms with Gasteiger partial charge in [0.05, 0.1) is 5.92 Å². The molecule has 1 aromatic heterocycles. The van der Waals surface area contributed by atoms with E-state index in [1.54, 1.807) is 0 Å². The topological polar surface area (TPSA) is 76.2 Å². The van der Waals surface area contributed by atoms with Crippen LogP contribution in [0.1, 0.15) is 48.1 Å². The van der Waals surface area contributed by atoms with Gasteiger partial charge in [-0.1, -0.05) is 24.3 Å². The van der Waals surface area contributed by atoms with Crippen LogP contribution in [0.25, 0.3) is 0 Å². The van der Waals surface area contributed by atoms with Crippen molar-refractivity contribution >= 4 is 5.97 Å². The van der Waals surface area contributed by atoms with Crippen molar-refractivity contribution in [2.45, 2.75) is 38.0 Å². The van der Waals surface area contributed by atoms with Crippen LogP contribution in [0.3, 0.4) is 0 Å². The highest BCUT2D eigenvalue weighted by molar-refractivity contribution is 5.66. The lowest BCUT2D eigenvalue weighted by Gasteiger charge is -2.26. The van der Waals surface area contributed by atoms with Gasteiger partial charge in [0.2, 0.25) is 11.8 Å². The third-order valence-corrected chi connectivity index (χ3v) is 3.67. The largest absolute Gasteiger partial charge is 0.481 e. The minimum Gasteiger partial charge on any atom is -0.481 e. The fourth-order valence-corrected chi connectivity index (χ4v) is 2.54. The van der Waals surface area contributed by atoms with Crippen LogP contribution >= 0.6 is 0 Å². The number of nitrogens with zero attached hydrogens (tertiary/aromatic N) is 2. The number of fused-ring (bicyclic) bond motifs is 1. The van der Waals surface area contributed by atoms with Crippen molar-refractivity contribution in [2.24, 2.45) is 0 Å². The maximum Gasteiger partial charge on any atom is 0.303 e. The maximum absolute atomic E-state index is 10.4. The van der Waals surface area contributed by atoms with Crippen LogP contribution in [0.4, 0.5) is 0 Å². The standard InChI is InChI=1S/C15H16N2O3/c18-14(19)8-4-3-7-13-16-17-15(20-13)12-9-10-5-1-2-6-11(10)12/h1-2,5-6,12H,3-4,7-9H2,(H,18,19). The molecule has 0 aliphatic heterocycles. The van der Waals surface area contributed by atoms with Crippen molar-refractivity contribution in [1.29, 1.82) is 0 Å². The second-order valence-corrected chi connectivity index (χ2v) is 5.09. The van der Waals surface area contributed by atoms with Crippen molar-refractivity contribution in [3.63, 3.8) is 0 Å². The predicted octanol–water partition coefficient (Wildman–Crippen LogP) is 2.56. The molecule has 1 aliphatic carbocycles. The van der Waals surface area contributed by atoms with Crippen molar-refractivity contribution in [1.82, 2.24) is 10.2 Å². The average Bonchev–Trinajstić information content (AvgIpc) is 2.84. The quantitative estimate of drug-likeness (QED) is 0.818. The molecule has 0 saturated carbocycles. The number of hydrogen-bond acceptors (Lipinski definition) is 4. The SMILES string of the molecule is O=C(O)CCCCc1nnc(C2Cc3ccccc32)o1. The molecule has 5 nitrogen and oxygen atoms in total. The highest BCUT2D eigenvalue weighted by atomic mass is 16.4. The lowest BCUT2D eigenvalue weighted by atomic mass is 9.77. The first-order chi connectivity index (χ1) is 9.74. The third kappa shape index (κ3) is 2.57. The summed E-state index contributed by atoms with van der Waals surface area (Å²) >= 11 is 0. The molecule has 104 valence electrons. The second kappa shape index (κ2) is 5.45. The van der Waals surface area contributed by atoms with Gasteiger partial charge < -0.3 is 9.52 Å². The summed E-state index contributed by atoms with van der Waals surface area (Å²) in [5.74, 6) is 0.750. The number of hydrogen-bond donors (Lipinski definition) is 1. The molecular formula is C15H16N2O3. The summed E-state index contributed by atoms with van der Waals surface area (Å²) in [5.41, 5.74) is 2.62. The maximum atomic E-state index is 10.4. The minimum atomic E-state index is -0.762. The molecule has 1 aromatic carbocycles. The highest BCUT2D eigenvalue weighted by Crippen LogP contribution is 2.39. The van der Waals surface area contributed by atoms with E-state index in [-0.39, 0.29) is 12.3 Å². The molecule has 0 amide bonds. The summed E-state index contributed by atoms with van der Waals surface area (Å²) in [7, 11) is 0. The van der Waals surface area contributed by atoms with E-state index >= 15 is 0 Å². The molecule has 2 aromatic rings. The van der Waals surface area contributed by atoms with Gasteiger partial charge in [0.1, 0.15) is 0 Å². The Balaban J connectivity index is 1.57. The van der Waals surface area contributed by atoms with E-state index in [0.717, 1.165) is 12.8 Å². The molecule has 1 N–H and O–H groups in total. The molecule has 5 heteroatoms. The van der Waals surface area contributed by atoms with E-state index in [1.807, 2.05) is 12.1 Å². The second-order valence-electron chi connectivity index (χ2n) is 5.09. The Morgan fingerprint density at radius 3 is 2.95 bits per heavy atom. The van der Waals surface area contributed by atoms with Crippen LogP contribution in [-0.4, -0.2) is 21.3 Å². The number of carbonyl (C=O) groups is 1. The Bertz CT molecular complexity index is 621. The zero-order valence-electron chi connectivity index (χ0n) is 11.1. The molecule has 0 fully saturated rings. The number of rotatable bonds is 6. The summed E-state index contributed by atoms with van der Waals surface area (Å²) in [6, 6.07) is 8.28. The molecule has 0 spiro atoms. The van der Waals surface area contributed by atoms with Gasteiger partial charge in [-0.25, -0.2) is 0 Å². The molecule has 1 heterocycles. The van der Waals surface area contributed by atoms with Crippen LogP contribution in [0.2, 0.25) is 0 Å². The number of benzene rings is 1. The molecule has 1 aliphatic rings. The summed E-state index contributed by atoms with van der Waals surface area (Å²) in [5, 5.41) is 16.7. The molecule has 3 rings (SSSR count). The summed E-state index contributed by atoms with van der Waals surface area (Å²) in [4.78, 5) is 10.4. The molecule has 0 saturated heterocycles. The van der Waals surface area contributed by atoms with Crippen molar-refractivity contribution in [3.8, 4) is 0 Å². The third-order valence-electron chi connectivity index (χ3n) is 3.67. The normalized spacial score (nSPS) is 16.5. The van der Waals surface area contributed by atoms with Gasteiger partial charge >= 0.3 is 5.97 Å². The number of aromatic nitrogens is 2. The van der Waals surface area contributed by atoms with E-state index < -0.39 is 5.97 Å². The van der Waals surface area contributed by atoms with E-state index in [2.05, 4.69) is 22.3 Å². The number of unbranched alkanes of at least 4 members (excludes halogenated alkanes) is 1. The van der Waals surface area contributed by atoms with Crippen molar-refractivity contribution < 1.29 is 14.3 Å². The summed E-state index contributed by atoms with van der Waals surface area (Å²) in [6.07, 6.45) is 3.19. The van der Waals surface area contributed by atoms with Gasteiger partial charge in [0.15, 0.2) is 0 Å². The Morgan fingerprint density at radius 1 is 1.30 bits per heavy atom. The molecular weight excluding hydrogens is 256 g/mol. The number of aryl methyl sites for hydroxylation is 1. The van der Waals surface area contributed by atoms with Gasteiger partial charge in [0, 0.05) is 12.8 Å². The average molecular weight is 272 g/mol. The monoisotopic (exact) mass is 272 g/mol. The first-order valence-electron chi connectivity index (χ1n) is 6.86. The van der Waals surface area contributed by atoms with E-state index in [0.29, 0.717) is 24.6 Å². The molecule has 20 heavy (non-hydrogen) atoms. The van der Waals surface area contributed by atoms with Gasteiger partial charge in [-0.05, 0) is 30.4 Å². The number of aliphatic carboxylic acids is 1. The predicted molar refractivity (Wildman–Crippen MR) is 71.5 cm³/mol. The molecule has 0 radical (unpaired) electrons. The summed E-state index contributed by atoms with van der Waals surface area (Å²) < 4.78 is 5.68. The lowest BCUT2D eigenvalue weighted by Crippen LogP contribution is -2.18. The van der Waals surface area contributed by atoms with Crippen molar-refractivity contribution in [3.05, 3.63) is 47.2 Å². The van der Waals surface area contributed by atoms with Crippen LogP contribution in [0.5, 0.6) is 0 Å². The summed E-state index contributed by atoms with van der Waals surface area (Å²) in [6.45, 7) is 0. The zero-order valence-corrected chi connectivity index (χ0v) is 11.1. The highest BCUT2D eigenvalue weighted by Gasteiger charge is 2.31. The fourth-order valence-electron chi connectivity index (χ4n) is 2.54. The zero-order chi connectivity index (χ0) is 13.9. The number of carboxylic acids is 1. The number of carboxylic acid groups (broad SMARTS) is 1. The smallest absolute Gasteiger partial charge is 0.303 e. The van der Waals surface area contributed by atoms with Crippen LogP contribution in [0, 0.1) is 0 Å². The minimum absolute atomic E-state index is 0.191. The molecule has 0 bridgehead atoms. The molecule has 1 unspecified atom stereocenters. The first kappa shape index (κ1) is 12.8. The van der Waals surface area contributed by atoms with Gasteiger partial charge in [-0.3, -0.25) is 4.79 Å². The van der Waals surface area contributed by atoms with E-state index in [1.165, 1.54) is 11.1 Å². The molecule has 1 atom stereocenters. The fraction of sp³-hybridized carbons (Fsp3) is 0.400. The Kier molecular flexibility index (Phi) is 3.50. The first-order valence-corrected chi connectivity index (χ1v) is 6.86. The Hall–Kier alpha value is -2.17. The van der Waals surface area contributed by atoms with Gasteiger partial charge in [-0.2, -0.15) is 0 Å². The Morgan fingerprint density at radius 2 is 2.15 bits per heavy atom. The van der Waals surface area contributed by atoms with Crippen LogP contribution in [-0.2, 0) is 17.6 Å². The lowest BCUT2D eigenvalue weighted by molar-refractivity contribution is -0.137.